The lowest BCUT2D eigenvalue weighted by atomic mass is 9.85. The molecule has 2 aliphatic heterocycles. The highest BCUT2D eigenvalue weighted by Crippen LogP contribution is 2.38. The van der Waals surface area contributed by atoms with Gasteiger partial charge >= 0.3 is 6.03 Å². The third-order valence-electron chi connectivity index (χ3n) is 5.28. The van der Waals surface area contributed by atoms with E-state index in [4.69, 9.17) is 0 Å². The van der Waals surface area contributed by atoms with Crippen LogP contribution in [-0.2, 0) is 11.3 Å². The first-order chi connectivity index (χ1) is 11.0. The predicted octanol–water partition coefficient (Wildman–Crippen LogP) is 2.32. The Hall–Kier alpha value is -1.88. The van der Waals surface area contributed by atoms with Gasteiger partial charge in [0.15, 0.2) is 0 Å². The second-order valence-corrected chi connectivity index (χ2v) is 6.88. The Labute approximate surface area is 137 Å². The first-order valence-corrected chi connectivity index (χ1v) is 8.33. The average Bonchev–Trinajstić information content (AvgIpc) is 2.73. The van der Waals surface area contributed by atoms with Gasteiger partial charge in [0.2, 0.25) is 0 Å². The van der Waals surface area contributed by atoms with Crippen LogP contribution in [-0.4, -0.2) is 58.4 Å². The molecule has 5 heteroatoms. The maximum Gasteiger partial charge on any atom is 0.327 e. The van der Waals surface area contributed by atoms with Gasteiger partial charge in [-0.25, -0.2) is 4.79 Å². The van der Waals surface area contributed by atoms with Crippen LogP contribution >= 0.6 is 0 Å². The normalized spacial score (nSPS) is 21.7. The smallest absolute Gasteiger partial charge is 0.305 e. The van der Waals surface area contributed by atoms with Crippen molar-refractivity contribution in [1.29, 1.82) is 0 Å². The molecule has 1 aromatic carbocycles. The summed E-state index contributed by atoms with van der Waals surface area (Å²) in [5.74, 6) is -0.0400. The zero-order chi connectivity index (χ0) is 16.6. The molecule has 2 heterocycles. The summed E-state index contributed by atoms with van der Waals surface area (Å²) in [5.41, 5.74) is 0.405. The van der Waals surface area contributed by atoms with Crippen molar-refractivity contribution < 1.29 is 9.59 Å². The number of benzene rings is 1. The van der Waals surface area contributed by atoms with Gasteiger partial charge in [-0.1, -0.05) is 30.3 Å². The number of nitrogens with zero attached hydrogens (tertiary/aromatic N) is 3. The number of hydrogen-bond donors (Lipinski definition) is 0. The van der Waals surface area contributed by atoms with Crippen LogP contribution in [0.25, 0.3) is 0 Å². The van der Waals surface area contributed by atoms with E-state index in [-0.39, 0.29) is 11.9 Å². The molecule has 0 bridgehead atoms. The molecular weight excluding hydrogens is 290 g/mol. The molecule has 1 spiro atoms. The van der Waals surface area contributed by atoms with E-state index >= 15 is 0 Å². The monoisotopic (exact) mass is 315 g/mol. The topological polar surface area (TPSA) is 43.9 Å². The first-order valence-electron chi connectivity index (χ1n) is 8.33. The van der Waals surface area contributed by atoms with Crippen LogP contribution in [0.15, 0.2) is 30.3 Å². The Bertz CT molecular complexity index is 592. The highest BCUT2D eigenvalue weighted by Gasteiger charge is 2.56. The third-order valence-corrected chi connectivity index (χ3v) is 5.28. The number of hydrogen-bond acceptors (Lipinski definition) is 3. The van der Waals surface area contributed by atoms with E-state index in [1.54, 1.807) is 11.9 Å². The Morgan fingerprint density at radius 1 is 1.09 bits per heavy atom. The number of carbonyl (C=O) groups is 2. The molecule has 124 valence electrons. The van der Waals surface area contributed by atoms with Crippen molar-refractivity contribution in [2.24, 2.45) is 0 Å². The maximum absolute atomic E-state index is 12.8. The van der Waals surface area contributed by atoms with E-state index in [2.05, 4.69) is 18.7 Å². The van der Waals surface area contributed by atoms with Crippen molar-refractivity contribution in [3.8, 4) is 0 Å². The summed E-state index contributed by atoms with van der Waals surface area (Å²) in [4.78, 5) is 30.9. The predicted molar refractivity (Wildman–Crippen MR) is 88.8 cm³/mol. The standard InChI is InChI=1S/C18H25N3O2/c1-14(2)20-11-9-18(10-12-20)16(22)19(3)17(23)21(18)13-15-7-5-4-6-8-15/h4-8,14H,9-13H2,1-3H3. The van der Waals surface area contributed by atoms with Crippen LogP contribution in [0.1, 0.15) is 32.3 Å². The molecule has 2 fully saturated rings. The van der Waals surface area contributed by atoms with E-state index in [0.29, 0.717) is 25.4 Å². The molecule has 2 saturated heterocycles. The van der Waals surface area contributed by atoms with Gasteiger partial charge in [0, 0.05) is 32.7 Å². The zero-order valence-electron chi connectivity index (χ0n) is 14.2. The maximum atomic E-state index is 12.8. The quantitative estimate of drug-likeness (QED) is 0.804. The van der Waals surface area contributed by atoms with Gasteiger partial charge in [0.1, 0.15) is 5.54 Å². The average molecular weight is 315 g/mol. The Morgan fingerprint density at radius 3 is 2.26 bits per heavy atom. The van der Waals surface area contributed by atoms with Crippen LogP contribution in [0.5, 0.6) is 0 Å². The van der Waals surface area contributed by atoms with Gasteiger partial charge < -0.3 is 9.80 Å². The summed E-state index contributed by atoms with van der Waals surface area (Å²) < 4.78 is 0. The van der Waals surface area contributed by atoms with Gasteiger partial charge in [-0.3, -0.25) is 9.69 Å². The van der Waals surface area contributed by atoms with E-state index < -0.39 is 5.54 Å². The number of imide groups is 1. The number of piperidine rings is 1. The van der Waals surface area contributed by atoms with Crippen LogP contribution in [0.4, 0.5) is 4.79 Å². The number of likely N-dealkylation sites (N-methyl/N-ethyl adjacent to an activating group) is 1. The fraction of sp³-hybridized carbons (Fsp3) is 0.556. The van der Waals surface area contributed by atoms with Crippen LogP contribution in [0, 0.1) is 0 Å². The Kier molecular flexibility index (Phi) is 4.15. The van der Waals surface area contributed by atoms with Gasteiger partial charge in [0.25, 0.3) is 5.91 Å². The van der Waals surface area contributed by atoms with Crippen LogP contribution < -0.4 is 0 Å². The molecule has 1 aromatic rings. The SMILES string of the molecule is CC(C)N1CCC2(CC1)C(=O)N(C)C(=O)N2Cc1ccccc1. The fourth-order valence-corrected chi connectivity index (χ4v) is 3.76. The van der Waals surface area contributed by atoms with Gasteiger partial charge in [0.05, 0.1) is 0 Å². The van der Waals surface area contributed by atoms with E-state index in [1.807, 2.05) is 30.3 Å². The molecule has 0 N–H and O–H groups in total. The van der Waals surface area contributed by atoms with Crippen molar-refractivity contribution in [1.82, 2.24) is 14.7 Å². The van der Waals surface area contributed by atoms with Crippen molar-refractivity contribution in [2.45, 2.75) is 44.8 Å². The fourth-order valence-electron chi connectivity index (χ4n) is 3.76. The summed E-state index contributed by atoms with van der Waals surface area (Å²) in [6.45, 7) is 6.56. The molecule has 0 saturated carbocycles. The Morgan fingerprint density at radius 2 is 1.70 bits per heavy atom. The highest BCUT2D eigenvalue weighted by molar-refractivity contribution is 6.06. The Balaban J connectivity index is 1.86. The zero-order valence-corrected chi connectivity index (χ0v) is 14.2. The molecule has 2 aliphatic rings. The van der Waals surface area contributed by atoms with Crippen molar-refractivity contribution in [3.63, 3.8) is 0 Å². The number of carbonyl (C=O) groups excluding carboxylic acids is 2. The highest BCUT2D eigenvalue weighted by atomic mass is 16.2. The summed E-state index contributed by atoms with van der Waals surface area (Å²) in [7, 11) is 1.60. The molecule has 23 heavy (non-hydrogen) atoms. The second kappa shape index (κ2) is 5.96. The largest absolute Gasteiger partial charge is 0.327 e. The van der Waals surface area contributed by atoms with Gasteiger partial charge in [-0.2, -0.15) is 0 Å². The van der Waals surface area contributed by atoms with Gasteiger partial charge in [-0.15, -0.1) is 0 Å². The molecule has 5 nitrogen and oxygen atoms in total. The minimum Gasteiger partial charge on any atom is -0.305 e. The molecule has 0 unspecified atom stereocenters. The number of rotatable bonds is 3. The molecule has 3 rings (SSSR count). The third kappa shape index (κ3) is 2.63. The van der Waals surface area contributed by atoms with Crippen molar-refractivity contribution in [3.05, 3.63) is 35.9 Å². The number of likely N-dealkylation sites (tertiary alicyclic amines) is 1. The number of urea groups is 1. The molecule has 0 atom stereocenters. The molecule has 0 radical (unpaired) electrons. The molecule has 0 aliphatic carbocycles. The van der Waals surface area contributed by atoms with E-state index in [9.17, 15) is 9.59 Å². The van der Waals surface area contributed by atoms with Crippen molar-refractivity contribution >= 4 is 11.9 Å². The van der Waals surface area contributed by atoms with Crippen LogP contribution in [0.3, 0.4) is 0 Å². The lowest BCUT2D eigenvalue weighted by Gasteiger charge is -2.43. The summed E-state index contributed by atoms with van der Waals surface area (Å²) >= 11 is 0. The molecule has 0 aromatic heterocycles. The lowest BCUT2D eigenvalue weighted by Crippen LogP contribution is -2.57. The number of amides is 3. The van der Waals surface area contributed by atoms with Crippen LogP contribution in [0.2, 0.25) is 0 Å². The minimum atomic E-state index is -0.660. The summed E-state index contributed by atoms with van der Waals surface area (Å²) in [6.07, 6.45) is 1.43. The van der Waals surface area contributed by atoms with E-state index in [0.717, 1.165) is 18.7 Å². The lowest BCUT2D eigenvalue weighted by molar-refractivity contribution is -0.135. The minimum absolute atomic E-state index is 0.0400. The first kappa shape index (κ1) is 16.0. The van der Waals surface area contributed by atoms with E-state index in [1.165, 1.54) is 4.90 Å². The second-order valence-electron chi connectivity index (χ2n) is 6.88. The van der Waals surface area contributed by atoms with Gasteiger partial charge in [-0.05, 0) is 32.3 Å². The summed E-state index contributed by atoms with van der Waals surface area (Å²) in [6, 6.07) is 10.2. The van der Waals surface area contributed by atoms with Crippen molar-refractivity contribution in [2.75, 3.05) is 20.1 Å². The molecule has 3 amide bonds. The summed E-state index contributed by atoms with van der Waals surface area (Å²) in [5, 5.41) is 0. The molecular formula is C18H25N3O2.